The number of hydrogen-bond acceptors (Lipinski definition) is 2. The third-order valence-corrected chi connectivity index (χ3v) is 3.69. The van der Waals surface area contributed by atoms with Crippen LogP contribution in [-0.4, -0.2) is 5.78 Å². The van der Waals surface area contributed by atoms with Crippen LogP contribution in [0.25, 0.3) is 0 Å². The fourth-order valence-corrected chi connectivity index (χ4v) is 2.90. The average molecular weight is 177 g/mol. The zero-order valence-electron chi connectivity index (χ0n) is 7.88. The Bertz CT molecular complexity index is 258. The van der Waals surface area contributed by atoms with Crippen molar-refractivity contribution in [1.82, 2.24) is 0 Å². The van der Waals surface area contributed by atoms with Crippen molar-refractivity contribution in [3.8, 4) is 6.07 Å². The van der Waals surface area contributed by atoms with Crippen LogP contribution in [0.3, 0.4) is 0 Å². The van der Waals surface area contributed by atoms with Gasteiger partial charge in [-0.05, 0) is 25.7 Å². The molecule has 0 saturated heterocycles. The maximum atomic E-state index is 11.8. The maximum absolute atomic E-state index is 11.8. The maximum Gasteiger partial charge on any atom is 0.139 e. The number of Topliss-reactive ketones (excluding diaryl/α,β-unsaturated/α-hetero) is 1. The van der Waals surface area contributed by atoms with Crippen molar-refractivity contribution in [2.24, 2.45) is 11.3 Å². The smallest absolute Gasteiger partial charge is 0.139 e. The standard InChI is InChI=1S/C11H15NO/c12-8-9-3-4-10(13)11(7-9)5-1-2-6-11/h9H,1-7H2. The Hall–Kier alpha value is -0.840. The van der Waals surface area contributed by atoms with Gasteiger partial charge in [0.1, 0.15) is 5.78 Å². The molecule has 2 rings (SSSR count). The molecule has 1 spiro atoms. The van der Waals surface area contributed by atoms with Crippen LogP contribution in [0.4, 0.5) is 0 Å². The van der Waals surface area contributed by atoms with Gasteiger partial charge in [0.05, 0.1) is 6.07 Å². The summed E-state index contributed by atoms with van der Waals surface area (Å²) in [7, 11) is 0. The highest BCUT2D eigenvalue weighted by Gasteiger charge is 2.44. The first-order valence-electron chi connectivity index (χ1n) is 5.20. The summed E-state index contributed by atoms with van der Waals surface area (Å²) < 4.78 is 0. The lowest BCUT2D eigenvalue weighted by Crippen LogP contribution is -2.34. The van der Waals surface area contributed by atoms with Gasteiger partial charge in [-0.25, -0.2) is 0 Å². The van der Waals surface area contributed by atoms with Crippen LogP contribution in [0.2, 0.25) is 0 Å². The monoisotopic (exact) mass is 177 g/mol. The van der Waals surface area contributed by atoms with Crippen LogP contribution >= 0.6 is 0 Å². The minimum Gasteiger partial charge on any atom is -0.299 e. The molecule has 0 amide bonds. The Morgan fingerprint density at radius 3 is 2.69 bits per heavy atom. The third kappa shape index (κ3) is 1.37. The molecule has 0 heterocycles. The van der Waals surface area contributed by atoms with E-state index in [1.165, 1.54) is 12.8 Å². The van der Waals surface area contributed by atoms with Gasteiger partial charge in [-0.15, -0.1) is 0 Å². The van der Waals surface area contributed by atoms with Crippen LogP contribution in [0.1, 0.15) is 44.9 Å². The topological polar surface area (TPSA) is 40.9 Å². The van der Waals surface area contributed by atoms with Gasteiger partial charge in [-0.2, -0.15) is 5.26 Å². The SMILES string of the molecule is N#CC1CCC(=O)C2(CCCC2)C1. The quantitative estimate of drug-likeness (QED) is 0.570. The molecule has 1 unspecified atom stereocenters. The summed E-state index contributed by atoms with van der Waals surface area (Å²) in [5, 5.41) is 8.86. The zero-order chi connectivity index (χ0) is 9.31. The zero-order valence-corrected chi connectivity index (χ0v) is 7.88. The minimum atomic E-state index is -0.0569. The largest absolute Gasteiger partial charge is 0.299 e. The predicted octanol–water partition coefficient (Wildman–Crippen LogP) is 2.44. The first kappa shape index (κ1) is 8.74. The molecule has 2 aliphatic rings. The van der Waals surface area contributed by atoms with Gasteiger partial charge in [0.15, 0.2) is 0 Å². The van der Waals surface area contributed by atoms with E-state index in [0.717, 1.165) is 25.7 Å². The molecule has 0 radical (unpaired) electrons. The van der Waals surface area contributed by atoms with Crippen molar-refractivity contribution in [1.29, 1.82) is 5.26 Å². The second kappa shape index (κ2) is 3.14. The summed E-state index contributed by atoms with van der Waals surface area (Å²) in [5.74, 6) is 0.590. The summed E-state index contributed by atoms with van der Waals surface area (Å²) in [4.78, 5) is 11.8. The molecule has 0 bridgehead atoms. The number of rotatable bonds is 0. The minimum absolute atomic E-state index is 0.0569. The van der Waals surface area contributed by atoms with E-state index in [0.29, 0.717) is 12.2 Å². The Morgan fingerprint density at radius 2 is 2.08 bits per heavy atom. The van der Waals surface area contributed by atoms with E-state index in [1.54, 1.807) is 0 Å². The van der Waals surface area contributed by atoms with Gasteiger partial charge in [0.25, 0.3) is 0 Å². The van der Waals surface area contributed by atoms with E-state index in [9.17, 15) is 4.79 Å². The van der Waals surface area contributed by atoms with Gasteiger partial charge in [-0.1, -0.05) is 12.8 Å². The lowest BCUT2D eigenvalue weighted by atomic mass is 9.68. The molecule has 70 valence electrons. The summed E-state index contributed by atoms with van der Waals surface area (Å²) in [6.07, 6.45) is 6.76. The highest BCUT2D eigenvalue weighted by molar-refractivity contribution is 5.86. The first-order chi connectivity index (χ1) is 6.27. The molecular weight excluding hydrogens is 162 g/mol. The van der Waals surface area contributed by atoms with Crippen LogP contribution in [0.15, 0.2) is 0 Å². The lowest BCUT2D eigenvalue weighted by molar-refractivity contribution is -0.131. The molecule has 2 fully saturated rings. The average Bonchev–Trinajstić information content (AvgIpc) is 2.60. The Balaban J connectivity index is 2.16. The van der Waals surface area contributed by atoms with Crippen molar-refractivity contribution >= 4 is 5.78 Å². The van der Waals surface area contributed by atoms with Gasteiger partial charge in [0, 0.05) is 17.8 Å². The fraction of sp³-hybridized carbons (Fsp3) is 0.818. The molecule has 2 heteroatoms. The summed E-state index contributed by atoms with van der Waals surface area (Å²) in [5.41, 5.74) is -0.0569. The van der Waals surface area contributed by atoms with Crippen molar-refractivity contribution in [3.05, 3.63) is 0 Å². The summed E-state index contributed by atoms with van der Waals surface area (Å²) in [6, 6.07) is 2.32. The van der Waals surface area contributed by atoms with Crippen molar-refractivity contribution in [2.75, 3.05) is 0 Å². The third-order valence-electron chi connectivity index (χ3n) is 3.69. The van der Waals surface area contributed by atoms with E-state index in [-0.39, 0.29) is 11.3 Å². The molecule has 1 atom stereocenters. The predicted molar refractivity (Wildman–Crippen MR) is 48.9 cm³/mol. The number of nitrogens with zero attached hydrogens (tertiary/aromatic N) is 1. The van der Waals surface area contributed by atoms with Crippen molar-refractivity contribution in [3.63, 3.8) is 0 Å². The molecular formula is C11H15NO. The molecule has 0 aliphatic heterocycles. The van der Waals surface area contributed by atoms with Crippen LogP contribution in [-0.2, 0) is 4.79 Å². The van der Waals surface area contributed by atoms with Gasteiger partial charge >= 0.3 is 0 Å². The Morgan fingerprint density at radius 1 is 1.38 bits per heavy atom. The van der Waals surface area contributed by atoms with Crippen LogP contribution < -0.4 is 0 Å². The van der Waals surface area contributed by atoms with E-state index < -0.39 is 0 Å². The molecule has 0 N–H and O–H groups in total. The fourth-order valence-electron chi connectivity index (χ4n) is 2.90. The van der Waals surface area contributed by atoms with E-state index in [1.807, 2.05) is 0 Å². The molecule has 2 nitrogen and oxygen atoms in total. The molecule has 13 heavy (non-hydrogen) atoms. The summed E-state index contributed by atoms with van der Waals surface area (Å²) >= 11 is 0. The Kier molecular flexibility index (Phi) is 2.11. The highest BCUT2D eigenvalue weighted by Crippen LogP contribution is 2.48. The second-order valence-corrected chi connectivity index (χ2v) is 4.48. The van der Waals surface area contributed by atoms with E-state index >= 15 is 0 Å². The molecule has 2 saturated carbocycles. The van der Waals surface area contributed by atoms with Crippen LogP contribution in [0, 0.1) is 22.7 Å². The molecule has 0 aromatic heterocycles. The molecule has 2 aliphatic carbocycles. The Labute approximate surface area is 78.9 Å². The lowest BCUT2D eigenvalue weighted by Gasteiger charge is -2.33. The van der Waals surface area contributed by atoms with Gasteiger partial charge in [-0.3, -0.25) is 4.79 Å². The number of hydrogen-bond donors (Lipinski definition) is 0. The first-order valence-corrected chi connectivity index (χ1v) is 5.20. The molecule has 0 aromatic carbocycles. The van der Waals surface area contributed by atoms with E-state index in [4.69, 9.17) is 5.26 Å². The highest BCUT2D eigenvalue weighted by atomic mass is 16.1. The van der Waals surface area contributed by atoms with Crippen molar-refractivity contribution < 1.29 is 4.79 Å². The number of carbonyl (C=O) groups excluding carboxylic acids is 1. The normalized spacial score (nSPS) is 31.9. The van der Waals surface area contributed by atoms with Gasteiger partial charge < -0.3 is 0 Å². The van der Waals surface area contributed by atoms with E-state index in [2.05, 4.69) is 6.07 Å². The van der Waals surface area contributed by atoms with Gasteiger partial charge in [0.2, 0.25) is 0 Å². The van der Waals surface area contributed by atoms with Crippen LogP contribution in [0.5, 0.6) is 0 Å². The number of nitriles is 1. The molecule has 0 aromatic rings. The second-order valence-electron chi connectivity index (χ2n) is 4.48. The number of ketones is 1. The number of carbonyl (C=O) groups is 1. The van der Waals surface area contributed by atoms with Crippen molar-refractivity contribution in [2.45, 2.75) is 44.9 Å². The summed E-state index contributed by atoms with van der Waals surface area (Å²) in [6.45, 7) is 0.